The molecule has 1 atom stereocenters. The average Bonchev–Trinajstić information content (AvgIpc) is 2.03. The van der Waals surface area contributed by atoms with E-state index in [2.05, 4.69) is 24.8 Å². The highest BCUT2D eigenvalue weighted by atomic mass is 15.1. The molecule has 0 fully saturated rings. The molecule has 0 aliphatic carbocycles. The first-order valence-electron chi connectivity index (χ1n) is 4.82. The molecule has 2 nitrogen and oxygen atoms in total. The van der Waals surface area contributed by atoms with Crippen LogP contribution < -0.4 is 5.73 Å². The van der Waals surface area contributed by atoms with Crippen molar-refractivity contribution in [3.63, 3.8) is 0 Å². The molecule has 0 saturated carbocycles. The Balaban J connectivity index is 2.19. The van der Waals surface area contributed by atoms with E-state index in [4.69, 9.17) is 5.73 Å². The number of nitrogens with two attached hydrogens (primary N) is 1. The highest BCUT2D eigenvalue weighted by molar-refractivity contribution is 5.03. The van der Waals surface area contributed by atoms with Crippen LogP contribution in [0.5, 0.6) is 0 Å². The van der Waals surface area contributed by atoms with Crippen LogP contribution in [0.1, 0.15) is 26.7 Å². The maximum atomic E-state index is 5.69. The van der Waals surface area contributed by atoms with Gasteiger partial charge in [-0.05, 0) is 33.2 Å². The van der Waals surface area contributed by atoms with Crippen LogP contribution in [-0.2, 0) is 0 Å². The van der Waals surface area contributed by atoms with Gasteiger partial charge in [-0.3, -0.25) is 4.90 Å². The second-order valence-electron chi connectivity index (χ2n) is 3.87. The first kappa shape index (κ1) is 9.75. The minimum atomic E-state index is 0.344. The molecule has 0 bridgehead atoms. The summed E-state index contributed by atoms with van der Waals surface area (Å²) in [6.07, 6.45) is 4.68. The van der Waals surface area contributed by atoms with E-state index in [-0.39, 0.29) is 0 Å². The largest absolute Gasteiger partial charge is 0.328 e. The van der Waals surface area contributed by atoms with Gasteiger partial charge in [-0.25, -0.2) is 0 Å². The van der Waals surface area contributed by atoms with Crippen LogP contribution in [-0.4, -0.2) is 30.6 Å². The number of nitrogens with zero attached hydrogens (tertiary/aromatic N) is 1. The van der Waals surface area contributed by atoms with Crippen LogP contribution >= 0.6 is 0 Å². The van der Waals surface area contributed by atoms with Crippen molar-refractivity contribution in [3.8, 4) is 0 Å². The minimum absolute atomic E-state index is 0.344. The van der Waals surface area contributed by atoms with Gasteiger partial charge in [-0.2, -0.15) is 0 Å². The van der Waals surface area contributed by atoms with Gasteiger partial charge in [-0.1, -0.05) is 11.6 Å². The van der Waals surface area contributed by atoms with Gasteiger partial charge in [0.2, 0.25) is 0 Å². The molecule has 2 heteroatoms. The van der Waals surface area contributed by atoms with Gasteiger partial charge in [0.15, 0.2) is 0 Å². The molecule has 1 heterocycles. The van der Waals surface area contributed by atoms with Crippen LogP contribution in [0.4, 0.5) is 0 Å². The summed E-state index contributed by atoms with van der Waals surface area (Å²) < 4.78 is 0. The summed E-state index contributed by atoms with van der Waals surface area (Å²) in [6, 6.07) is 0.344. The molecule has 70 valence electrons. The van der Waals surface area contributed by atoms with Crippen LogP contribution in [0.2, 0.25) is 0 Å². The normalized spacial score (nSPS) is 22.1. The zero-order valence-corrected chi connectivity index (χ0v) is 8.21. The summed E-state index contributed by atoms with van der Waals surface area (Å²) >= 11 is 0. The molecule has 0 radical (unpaired) electrons. The van der Waals surface area contributed by atoms with E-state index >= 15 is 0 Å². The molecule has 0 saturated heterocycles. The van der Waals surface area contributed by atoms with Crippen LogP contribution in [0.15, 0.2) is 11.6 Å². The van der Waals surface area contributed by atoms with Gasteiger partial charge in [0, 0.05) is 19.1 Å². The highest BCUT2D eigenvalue weighted by Gasteiger charge is 2.08. The first-order valence-corrected chi connectivity index (χ1v) is 4.82. The second kappa shape index (κ2) is 4.63. The summed E-state index contributed by atoms with van der Waals surface area (Å²) in [7, 11) is 0. The van der Waals surface area contributed by atoms with Crippen LogP contribution in [0.3, 0.4) is 0 Å². The van der Waals surface area contributed by atoms with Crippen molar-refractivity contribution in [1.29, 1.82) is 0 Å². The number of hydrogen-bond donors (Lipinski definition) is 1. The average molecular weight is 168 g/mol. The predicted octanol–water partition coefficient (Wildman–Crippen LogP) is 1.38. The van der Waals surface area contributed by atoms with E-state index in [1.807, 2.05) is 0 Å². The fraction of sp³-hybridized carbons (Fsp3) is 0.800. The molecule has 0 aromatic carbocycles. The third-order valence-corrected chi connectivity index (χ3v) is 2.42. The van der Waals surface area contributed by atoms with E-state index in [0.29, 0.717) is 6.04 Å². The molecule has 12 heavy (non-hydrogen) atoms. The molecule has 0 aromatic rings. The Kier molecular flexibility index (Phi) is 3.76. The van der Waals surface area contributed by atoms with Crippen molar-refractivity contribution in [2.75, 3.05) is 19.6 Å². The van der Waals surface area contributed by atoms with Gasteiger partial charge < -0.3 is 5.73 Å². The third-order valence-electron chi connectivity index (χ3n) is 2.42. The van der Waals surface area contributed by atoms with Crippen molar-refractivity contribution in [2.45, 2.75) is 32.7 Å². The van der Waals surface area contributed by atoms with Crippen molar-refractivity contribution < 1.29 is 0 Å². The zero-order valence-electron chi connectivity index (χ0n) is 8.21. The van der Waals surface area contributed by atoms with Gasteiger partial charge in [0.1, 0.15) is 0 Å². The summed E-state index contributed by atoms with van der Waals surface area (Å²) in [5.74, 6) is 0. The van der Waals surface area contributed by atoms with Crippen molar-refractivity contribution in [1.82, 2.24) is 4.90 Å². The minimum Gasteiger partial charge on any atom is -0.328 e. The van der Waals surface area contributed by atoms with Crippen molar-refractivity contribution in [2.24, 2.45) is 5.73 Å². The fourth-order valence-electron chi connectivity index (χ4n) is 1.40. The Labute approximate surface area is 75.4 Å². The molecule has 0 amide bonds. The van der Waals surface area contributed by atoms with E-state index in [9.17, 15) is 0 Å². The predicted molar refractivity (Wildman–Crippen MR) is 53.1 cm³/mol. The zero-order chi connectivity index (χ0) is 8.97. The third kappa shape index (κ3) is 3.37. The Bertz CT molecular complexity index is 161. The van der Waals surface area contributed by atoms with Crippen molar-refractivity contribution in [3.05, 3.63) is 11.6 Å². The topological polar surface area (TPSA) is 29.3 Å². The molecule has 2 N–H and O–H groups in total. The number of rotatable bonds is 3. The molecule has 1 aliphatic heterocycles. The lowest BCUT2D eigenvalue weighted by Gasteiger charge is -2.25. The molecular formula is C10H20N2. The Morgan fingerprint density at radius 2 is 2.42 bits per heavy atom. The van der Waals surface area contributed by atoms with Crippen LogP contribution in [0, 0.1) is 0 Å². The van der Waals surface area contributed by atoms with E-state index in [0.717, 1.165) is 19.5 Å². The summed E-state index contributed by atoms with van der Waals surface area (Å²) in [4.78, 5) is 2.47. The Hall–Kier alpha value is -0.340. The standard InChI is InChI=1S/C10H20N2/c1-9-3-6-12(7-4-9)8-5-10(2)11/h3,10H,4-8,11H2,1-2H3. The van der Waals surface area contributed by atoms with Gasteiger partial charge in [0.05, 0.1) is 0 Å². The highest BCUT2D eigenvalue weighted by Crippen LogP contribution is 2.09. The Morgan fingerprint density at radius 1 is 1.67 bits per heavy atom. The Morgan fingerprint density at radius 3 is 2.92 bits per heavy atom. The lowest BCUT2D eigenvalue weighted by Crippen LogP contribution is -2.32. The molecule has 1 rings (SSSR count). The lowest BCUT2D eigenvalue weighted by atomic mass is 10.1. The van der Waals surface area contributed by atoms with E-state index in [1.54, 1.807) is 0 Å². The van der Waals surface area contributed by atoms with Crippen molar-refractivity contribution >= 4 is 0 Å². The monoisotopic (exact) mass is 168 g/mol. The molecule has 1 unspecified atom stereocenters. The quantitative estimate of drug-likeness (QED) is 0.645. The number of hydrogen-bond acceptors (Lipinski definition) is 2. The molecule has 1 aliphatic rings. The first-order chi connectivity index (χ1) is 5.68. The summed E-state index contributed by atoms with van der Waals surface area (Å²) in [6.45, 7) is 7.78. The maximum absolute atomic E-state index is 5.69. The summed E-state index contributed by atoms with van der Waals surface area (Å²) in [5.41, 5.74) is 7.23. The van der Waals surface area contributed by atoms with Crippen LogP contribution in [0.25, 0.3) is 0 Å². The molecular weight excluding hydrogens is 148 g/mol. The lowest BCUT2D eigenvalue weighted by molar-refractivity contribution is 0.283. The maximum Gasteiger partial charge on any atom is 0.0165 e. The van der Waals surface area contributed by atoms with Gasteiger partial charge in [-0.15, -0.1) is 0 Å². The van der Waals surface area contributed by atoms with Gasteiger partial charge in [0.25, 0.3) is 0 Å². The molecule has 0 spiro atoms. The second-order valence-corrected chi connectivity index (χ2v) is 3.87. The van der Waals surface area contributed by atoms with E-state index < -0.39 is 0 Å². The smallest absolute Gasteiger partial charge is 0.0165 e. The fourth-order valence-corrected chi connectivity index (χ4v) is 1.40. The SMILES string of the molecule is CC1=CCN(CCC(C)N)CC1. The van der Waals surface area contributed by atoms with Gasteiger partial charge >= 0.3 is 0 Å². The molecule has 0 aromatic heterocycles. The summed E-state index contributed by atoms with van der Waals surface area (Å²) in [5, 5.41) is 0. The van der Waals surface area contributed by atoms with E-state index in [1.165, 1.54) is 18.5 Å².